The molecule has 1 aromatic rings. The SMILES string of the molecule is COC(Cn1cnc(Br)c1)C(C)C. The van der Waals surface area contributed by atoms with Gasteiger partial charge in [-0.3, -0.25) is 0 Å². The van der Waals surface area contributed by atoms with Gasteiger partial charge in [0.1, 0.15) is 4.60 Å². The summed E-state index contributed by atoms with van der Waals surface area (Å²) in [7, 11) is 1.75. The third-order valence-electron chi connectivity index (χ3n) is 2.04. The average Bonchev–Trinajstić information content (AvgIpc) is 2.46. The van der Waals surface area contributed by atoms with Crippen LogP contribution >= 0.6 is 15.9 Å². The second-order valence-electron chi connectivity index (χ2n) is 3.41. The minimum Gasteiger partial charge on any atom is -0.379 e. The molecule has 0 aromatic carbocycles. The number of halogens is 1. The Morgan fingerprint density at radius 3 is 2.69 bits per heavy atom. The Balaban J connectivity index is 2.56. The number of hydrogen-bond donors (Lipinski definition) is 0. The highest BCUT2D eigenvalue weighted by molar-refractivity contribution is 9.10. The van der Waals surface area contributed by atoms with Crippen molar-refractivity contribution in [3.8, 4) is 0 Å². The maximum absolute atomic E-state index is 5.36. The second kappa shape index (κ2) is 4.77. The Morgan fingerprint density at radius 1 is 1.62 bits per heavy atom. The fraction of sp³-hybridized carbons (Fsp3) is 0.667. The van der Waals surface area contributed by atoms with Crippen molar-refractivity contribution >= 4 is 15.9 Å². The summed E-state index contributed by atoms with van der Waals surface area (Å²) in [5, 5.41) is 0. The summed E-state index contributed by atoms with van der Waals surface area (Å²) >= 11 is 3.31. The van der Waals surface area contributed by atoms with E-state index in [1.165, 1.54) is 0 Å². The molecule has 0 aliphatic rings. The first-order valence-corrected chi connectivity index (χ1v) is 5.13. The van der Waals surface area contributed by atoms with Gasteiger partial charge in [-0.15, -0.1) is 0 Å². The highest BCUT2D eigenvalue weighted by Gasteiger charge is 2.12. The smallest absolute Gasteiger partial charge is 0.124 e. The molecule has 0 fully saturated rings. The number of rotatable bonds is 4. The number of aromatic nitrogens is 2. The molecule has 1 heterocycles. The van der Waals surface area contributed by atoms with Gasteiger partial charge in [-0.1, -0.05) is 13.8 Å². The topological polar surface area (TPSA) is 27.1 Å². The molecule has 1 aromatic heterocycles. The lowest BCUT2D eigenvalue weighted by atomic mass is 10.1. The summed E-state index contributed by atoms with van der Waals surface area (Å²) in [6.07, 6.45) is 4.01. The molecule has 0 saturated carbocycles. The highest BCUT2D eigenvalue weighted by Crippen LogP contribution is 2.10. The van der Waals surface area contributed by atoms with Crippen molar-refractivity contribution in [1.29, 1.82) is 0 Å². The standard InChI is InChI=1S/C9H15BrN2O/c1-7(2)8(13-3)4-12-5-9(10)11-6-12/h5-8H,4H2,1-3H3. The van der Waals surface area contributed by atoms with E-state index >= 15 is 0 Å². The Kier molecular flexibility index (Phi) is 3.93. The van der Waals surface area contributed by atoms with E-state index in [-0.39, 0.29) is 6.10 Å². The quantitative estimate of drug-likeness (QED) is 0.816. The van der Waals surface area contributed by atoms with Gasteiger partial charge in [-0.25, -0.2) is 4.98 Å². The van der Waals surface area contributed by atoms with Crippen molar-refractivity contribution in [3.63, 3.8) is 0 Å². The molecule has 0 aliphatic heterocycles. The monoisotopic (exact) mass is 246 g/mol. The van der Waals surface area contributed by atoms with Crippen LogP contribution in [0, 0.1) is 5.92 Å². The first kappa shape index (κ1) is 10.7. The molecule has 0 amide bonds. The van der Waals surface area contributed by atoms with Gasteiger partial charge in [0, 0.05) is 13.3 Å². The maximum atomic E-state index is 5.36. The average molecular weight is 247 g/mol. The van der Waals surface area contributed by atoms with Crippen molar-refractivity contribution in [2.45, 2.75) is 26.5 Å². The maximum Gasteiger partial charge on any atom is 0.124 e. The van der Waals surface area contributed by atoms with E-state index < -0.39 is 0 Å². The summed E-state index contributed by atoms with van der Waals surface area (Å²) in [4.78, 5) is 4.09. The second-order valence-corrected chi connectivity index (χ2v) is 4.22. The van der Waals surface area contributed by atoms with Crippen LogP contribution in [-0.2, 0) is 11.3 Å². The molecular formula is C9H15BrN2O. The van der Waals surface area contributed by atoms with Crippen LogP contribution in [0.1, 0.15) is 13.8 Å². The molecular weight excluding hydrogens is 232 g/mol. The summed E-state index contributed by atoms with van der Waals surface area (Å²) < 4.78 is 8.25. The first-order chi connectivity index (χ1) is 6.13. The number of hydrogen-bond acceptors (Lipinski definition) is 2. The van der Waals surface area contributed by atoms with Gasteiger partial charge in [0.2, 0.25) is 0 Å². The van der Waals surface area contributed by atoms with Crippen LogP contribution in [0.3, 0.4) is 0 Å². The molecule has 0 saturated heterocycles. The molecule has 4 heteroatoms. The third-order valence-corrected chi connectivity index (χ3v) is 2.45. The lowest BCUT2D eigenvalue weighted by Crippen LogP contribution is -2.23. The summed E-state index contributed by atoms with van der Waals surface area (Å²) in [6, 6.07) is 0. The van der Waals surface area contributed by atoms with Crippen molar-refractivity contribution < 1.29 is 4.74 Å². The van der Waals surface area contributed by atoms with Gasteiger partial charge >= 0.3 is 0 Å². The van der Waals surface area contributed by atoms with Gasteiger partial charge in [0.25, 0.3) is 0 Å². The Morgan fingerprint density at radius 2 is 2.31 bits per heavy atom. The minimum absolute atomic E-state index is 0.251. The van der Waals surface area contributed by atoms with Crippen LogP contribution in [0.4, 0.5) is 0 Å². The van der Waals surface area contributed by atoms with Crippen LogP contribution in [0.2, 0.25) is 0 Å². The molecule has 0 bridgehead atoms. The lowest BCUT2D eigenvalue weighted by molar-refractivity contribution is 0.0511. The van der Waals surface area contributed by atoms with Crippen LogP contribution in [0.15, 0.2) is 17.1 Å². The highest BCUT2D eigenvalue weighted by atomic mass is 79.9. The summed E-state index contributed by atoms with van der Waals surface area (Å²) in [5.41, 5.74) is 0. The first-order valence-electron chi connectivity index (χ1n) is 4.33. The molecule has 1 rings (SSSR count). The lowest BCUT2D eigenvalue weighted by Gasteiger charge is -2.19. The van der Waals surface area contributed by atoms with Crippen LogP contribution in [0.5, 0.6) is 0 Å². The van der Waals surface area contributed by atoms with E-state index in [9.17, 15) is 0 Å². The molecule has 74 valence electrons. The van der Waals surface area contributed by atoms with Gasteiger partial charge in [0.05, 0.1) is 19.0 Å². The van der Waals surface area contributed by atoms with Crippen LogP contribution in [-0.4, -0.2) is 22.8 Å². The molecule has 0 aliphatic carbocycles. The van der Waals surface area contributed by atoms with Crippen molar-refractivity contribution in [3.05, 3.63) is 17.1 Å². The zero-order valence-corrected chi connectivity index (χ0v) is 9.78. The zero-order valence-electron chi connectivity index (χ0n) is 8.20. The van der Waals surface area contributed by atoms with Gasteiger partial charge < -0.3 is 9.30 Å². The van der Waals surface area contributed by atoms with Gasteiger partial charge in [0.15, 0.2) is 0 Å². The van der Waals surface area contributed by atoms with E-state index in [0.717, 1.165) is 11.1 Å². The Hall–Kier alpha value is -0.350. The van der Waals surface area contributed by atoms with Crippen molar-refractivity contribution in [1.82, 2.24) is 9.55 Å². The fourth-order valence-corrected chi connectivity index (χ4v) is 1.55. The fourth-order valence-electron chi connectivity index (χ4n) is 1.20. The molecule has 0 spiro atoms. The molecule has 0 N–H and O–H groups in total. The van der Waals surface area contributed by atoms with Crippen molar-refractivity contribution in [2.75, 3.05) is 7.11 Å². The summed E-state index contributed by atoms with van der Waals surface area (Å²) in [5.74, 6) is 0.520. The zero-order chi connectivity index (χ0) is 9.84. The predicted octanol–water partition coefficient (Wildman–Crippen LogP) is 2.32. The number of methoxy groups -OCH3 is 1. The predicted molar refractivity (Wildman–Crippen MR) is 55.6 cm³/mol. The minimum atomic E-state index is 0.251. The van der Waals surface area contributed by atoms with E-state index in [1.807, 2.05) is 10.8 Å². The van der Waals surface area contributed by atoms with E-state index in [4.69, 9.17) is 4.74 Å². The van der Waals surface area contributed by atoms with Gasteiger partial charge in [-0.05, 0) is 21.8 Å². The van der Waals surface area contributed by atoms with Gasteiger partial charge in [-0.2, -0.15) is 0 Å². The van der Waals surface area contributed by atoms with E-state index in [1.54, 1.807) is 13.4 Å². The molecule has 1 atom stereocenters. The number of nitrogens with zero attached hydrogens (tertiary/aromatic N) is 2. The van der Waals surface area contributed by atoms with Crippen LogP contribution < -0.4 is 0 Å². The van der Waals surface area contributed by atoms with Crippen molar-refractivity contribution in [2.24, 2.45) is 5.92 Å². The number of ether oxygens (including phenoxy) is 1. The molecule has 0 radical (unpaired) electrons. The van der Waals surface area contributed by atoms with E-state index in [0.29, 0.717) is 5.92 Å². The van der Waals surface area contributed by atoms with E-state index in [2.05, 4.69) is 34.8 Å². The number of imidazole rings is 1. The van der Waals surface area contributed by atoms with Crippen LogP contribution in [0.25, 0.3) is 0 Å². The normalized spacial score (nSPS) is 13.6. The Labute approximate surface area is 87.2 Å². The summed E-state index contributed by atoms with van der Waals surface area (Å²) in [6.45, 7) is 5.16. The third kappa shape index (κ3) is 3.12. The molecule has 13 heavy (non-hydrogen) atoms. The molecule has 1 unspecified atom stereocenters. The Bertz CT molecular complexity index is 260. The largest absolute Gasteiger partial charge is 0.379 e. The molecule has 3 nitrogen and oxygen atoms in total.